The Morgan fingerprint density at radius 1 is 1.14 bits per heavy atom. The second-order valence-electron chi connectivity index (χ2n) is 6.23. The average molecular weight is 305 g/mol. The van der Waals surface area contributed by atoms with E-state index in [1.165, 1.54) is 6.42 Å². The van der Waals surface area contributed by atoms with E-state index in [0.29, 0.717) is 5.41 Å². The summed E-state index contributed by atoms with van der Waals surface area (Å²) in [5.74, 6) is 0.851. The van der Waals surface area contributed by atoms with Gasteiger partial charge in [0.25, 0.3) is 0 Å². The van der Waals surface area contributed by atoms with Gasteiger partial charge in [-0.2, -0.15) is 0 Å². The Bertz CT molecular complexity index is 558. The molecule has 0 unspecified atom stereocenters. The number of rotatable bonds is 6. The van der Waals surface area contributed by atoms with Crippen molar-refractivity contribution in [2.24, 2.45) is 5.41 Å². The zero-order valence-electron chi connectivity index (χ0n) is 13.1. The van der Waals surface area contributed by atoms with Crippen molar-refractivity contribution in [1.82, 2.24) is 10.2 Å². The Hall–Kier alpha value is -1.62. The van der Waals surface area contributed by atoms with Crippen LogP contribution in [0.1, 0.15) is 33.6 Å². The normalized spacial score (nSPS) is 11.4. The number of methoxy groups -OCH3 is 1. The summed E-state index contributed by atoms with van der Waals surface area (Å²) in [7, 11) is 1.67. The minimum atomic E-state index is 0.386. The first-order valence-electron chi connectivity index (χ1n) is 7.20. The van der Waals surface area contributed by atoms with E-state index in [0.717, 1.165) is 34.4 Å². The van der Waals surface area contributed by atoms with Crippen molar-refractivity contribution in [2.45, 2.75) is 33.6 Å². The lowest BCUT2D eigenvalue weighted by Crippen LogP contribution is -2.09. The van der Waals surface area contributed by atoms with E-state index in [1.54, 1.807) is 18.4 Å². The van der Waals surface area contributed by atoms with Crippen LogP contribution in [0, 0.1) is 5.41 Å². The minimum Gasteiger partial charge on any atom is -0.497 e. The van der Waals surface area contributed by atoms with Gasteiger partial charge >= 0.3 is 0 Å². The number of anilines is 1. The molecule has 114 valence electrons. The fourth-order valence-corrected chi connectivity index (χ4v) is 2.73. The number of benzene rings is 1. The van der Waals surface area contributed by atoms with Gasteiger partial charge in [-0.15, -0.1) is 10.2 Å². The largest absolute Gasteiger partial charge is 0.497 e. The SMILES string of the molecule is COc1ccc(-c2nnc(NCCCC(C)(C)C)s2)cc1. The van der Waals surface area contributed by atoms with E-state index in [2.05, 4.69) is 36.3 Å². The van der Waals surface area contributed by atoms with Crippen LogP contribution in [0.15, 0.2) is 24.3 Å². The van der Waals surface area contributed by atoms with Crippen molar-refractivity contribution in [3.63, 3.8) is 0 Å². The van der Waals surface area contributed by atoms with Crippen LogP contribution in [-0.2, 0) is 0 Å². The average Bonchev–Trinajstić information content (AvgIpc) is 2.91. The van der Waals surface area contributed by atoms with Crippen molar-refractivity contribution in [3.8, 4) is 16.3 Å². The van der Waals surface area contributed by atoms with E-state index in [4.69, 9.17) is 4.74 Å². The predicted octanol–water partition coefficient (Wildman–Crippen LogP) is 4.45. The smallest absolute Gasteiger partial charge is 0.206 e. The van der Waals surface area contributed by atoms with Crippen molar-refractivity contribution in [2.75, 3.05) is 19.0 Å². The first-order valence-corrected chi connectivity index (χ1v) is 8.01. The van der Waals surface area contributed by atoms with Crippen molar-refractivity contribution in [3.05, 3.63) is 24.3 Å². The number of aromatic nitrogens is 2. The Labute approximate surface area is 130 Å². The molecule has 0 aliphatic carbocycles. The molecule has 1 heterocycles. The maximum Gasteiger partial charge on any atom is 0.206 e. The van der Waals surface area contributed by atoms with Crippen LogP contribution < -0.4 is 10.1 Å². The lowest BCUT2D eigenvalue weighted by atomic mass is 9.91. The Morgan fingerprint density at radius 3 is 2.48 bits per heavy atom. The summed E-state index contributed by atoms with van der Waals surface area (Å²) < 4.78 is 5.16. The summed E-state index contributed by atoms with van der Waals surface area (Å²) in [5.41, 5.74) is 1.45. The molecule has 1 aromatic heterocycles. The summed E-state index contributed by atoms with van der Waals surface area (Å²) in [4.78, 5) is 0. The third kappa shape index (κ3) is 5.01. The highest BCUT2D eigenvalue weighted by Gasteiger charge is 2.10. The number of nitrogens with one attached hydrogen (secondary N) is 1. The molecule has 1 N–H and O–H groups in total. The predicted molar refractivity (Wildman–Crippen MR) is 89.1 cm³/mol. The molecule has 2 aromatic rings. The third-order valence-corrected chi connectivity index (χ3v) is 4.07. The minimum absolute atomic E-state index is 0.386. The van der Waals surface area contributed by atoms with Gasteiger partial charge in [-0.1, -0.05) is 32.1 Å². The molecule has 2 rings (SSSR count). The molecular weight excluding hydrogens is 282 g/mol. The van der Waals surface area contributed by atoms with E-state index < -0.39 is 0 Å². The van der Waals surface area contributed by atoms with Gasteiger partial charge in [0.1, 0.15) is 10.8 Å². The van der Waals surface area contributed by atoms with Gasteiger partial charge in [0.15, 0.2) is 0 Å². The van der Waals surface area contributed by atoms with Crippen LogP contribution >= 0.6 is 11.3 Å². The highest BCUT2D eigenvalue weighted by atomic mass is 32.1. The molecule has 0 bridgehead atoms. The number of hydrogen-bond acceptors (Lipinski definition) is 5. The Kier molecular flexibility index (Phi) is 5.17. The number of ether oxygens (including phenoxy) is 1. The summed E-state index contributed by atoms with van der Waals surface area (Å²) >= 11 is 1.58. The monoisotopic (exact) mass is 305 g/mol. The molecule has 0 saturated heterocycles. The van der Waals surface area contributed by atoms with Crippen LogP contribution in [0.25, 0.3) is 10.6 Å². The Balaban J connectivity index is 1.88. The van der Waals surface area contributed by atoms with Crippen molar-refractivity contribution >= 4 is 16.5 Å². The van der Waals surface area contributed by atoms with E-state index in [9.17, 15) is 0 Å². The van der Waals surface area contributed by atoms with Gasteiger partial charge in [-0.05, 0) is 42.5 Å². The molecule has 0 amide bonds. The van der Waals surface area contributed by atoms with Gasteiger partial charge in [0, 0.05) is 12.1 Å². The second-order valence-corrected chi connectivity index (χ2v) is 7.21. The van der Waals surface area contributed by atoms with E-state index in [-0.39, 0.29) is 0 Å². The zero-order valence-corrected chi connectivity index (χ0v) is 14.0. The van der Waals surface area contributed by atoms with Crippen molar-refractivity contribution in [1.29, 1.82) is 0 Å². The summed E-state index contributed by atoms with van der Waals surface area (Å²) in [6.45, 7) is 7.73. The number of nitrogens with zero attached hydrogens (tertiary/aromatic N) is 2. The molecule has 0 saturated carbocycles. The van der Waals surface area contributed by atoms with Gasteiger partial charge in [-0.25, -0.2) is 0 Å². The Morgan fingerprint density at radius 2 is 1.86 bits per heavy atom. The summed E-state index contributed by atoms with van der Waals surface area (Å²) in [5, 5.41) is 13.6. The summed E-state index contributed by atoms with van der Waals surface area (Å²) in [6.07, 6.45) is 2.34. The molecular formula is C16H23N3OS. The molecule has 0 atom stereocenters. The molecule has 5 heteroatoms. The fraction of sp³-hybridized carbons (Fsp3) is 0.500. The maximum atomic E-state index is 5.16. The first-order chi connectivity index (χ1) is 9.98. The van der Waals surface area contributed by atoms with Crippen molar-refractivity contribution < 1.29 is 4.74 Å². The highest BCUT2D eigenvalue weighted by molar-refractivity contribution is 7.18. The lowest BCUT2D eigenvalue weighted by molar-refractivity contribution is 0.370. The number of hydrogen-bond donors (Lipinski definition) is 1. The molecule has 4 nitrogen and oxygen atoms in total. The van der Waals surface area contributed by atoms with Gasteiger partial charge < -0.3 is 10.1 Å². The van der Waals surface area contributed by atoms with Gasteiger partial charge in [0.2, 0.25) is 5.13 Å². The molecule has 0 fully saturated rings. The van der Waals surface area contributed by atoms with Crippen LogP contribution in [-0.4, -0.2) is 23.9 Å². The third-order valence-electron chi connectivity index (χ3n) is 3.14. The molecule has 0 aliphatic heterocycles. The second kappa shape index (κ2) is 6.89. The van der Waals surface area contributed by atoms with Crippen LogP contribution in [0.5, 0.6) is 5.75 Å². The van der Waals surface area contributed by atoms with E-state index in [1.807, 2.05) is 24.3 Å². The quantitative estimate of drug-likeness (QED) is 0.801. The molecule has 0 radical (unpaired) electrons. The highest BCUT2D eigenvalue weighted by Crippen LogP contribution is 2.28. The molecule has 0 aliphatic rings. The van der Waals surface area contributed by atoms with Crippen LogP contribution in [0.3, 0.4) is 0 Å². The van der Waals surface area contributed by atoms with Gasteiger partial charge in [0.05, 0.1) is 7.11 Å². The maximum absolute atomic E-state index is 5.16. The fourth-order valence-electron chi connectivity index (χ4n) is 1.96. The molecule has 21 heavy (non-hydrogen) atoms. The molecule has 0 spiro atoms. The standard InChI is InChI=1S/C16H23N3OS/c1-16(2,3)10-5-11-17-15-19-18-14(21-15)12-6-8-13(20-4)9-7-12/h6-9H,5,10-11H2,1-4H3,(H,17,19). The molecule has 1 aromatic carbocycles. The zero-order chi connectivity index (χ0) is 15.3. The summed E-state index contributed by atoms with van der Waals surface area (Å²) in [6, 6.07) is 7.88. The van der Waals surface area contributed by atoms with Crippen LogP contribution in [0.4, 0.5) is 5.13 Å². The lowest BCUT2D eigenvalue weighted by Gasteiger charge is -2.17. The van der Waals surface area contributed by atoms with Gasteiger partial charge in [-0.3, -0.25) is 0 Å². The topological polar surface area (TPSA) is 47.0 Å². The van der Waals surface area contributed by atoms with Crippen LogP contribution in [0.2, 0.25) is 0 Å². The van der Waals surface area contributed by atoms with E-state index >= 15 is 0 Å². The first kappa shape index (κ1) is 15.8.